The molecule has 0 spiro atoms. The number of anilines is 1. The molecule has 1 aromatic carbocycles. The van der Waals surface area contributed by atoms with Crippen LogP contribution in [0.25, 0.3) is 0 Å². The highest BCUT2D eigenvalue weighted by atomic mass is 31.2. The van der Waals surface area contributed by atoms with Crippen molar-refractivity contribution in [3.05, 3.63) is 30.3 Å². The molecule has 0 radical (unpaired) electrons. The average molecular weight is 200 g/mol. The average Bonchev–Trinajstić information content (AvgIpc) is 2.04. The molecule has 1 rings (SSSR count). The summed E-state index contributed by atoms with van der Waals surface area (Å²) in [6.45, 7) is 1.76. The molecule has 0 aliphatic heterocycles. The van der Waals surface area contributed by atoms with Crippen LogP contribution in [0.2, 0.25) is 0 Å². The summed E-state index contributed by atoms with van der Waals surface area (Å²) in [7, 11) is -3.91. The Balaban J connectivity index is 2.64. The summed E-state index contributed by atoms with van der Waals surface area (Å²) in [6, 6.07) is 8.61. The van der Waals surface area contributed by atoms with Crippen LogP contribution >= 0.6 is 7.75 Å². The number of para-hydroxylation sites is 1. The van der Waals surface area contributed by atoms with Crippen LogP contribution in [-0.4, -0.2) is 6.61 Å². The van der Waals surface area contributed by atoms with Crippen molar-refractivity contribution in [3.63, 3.8) is 0 Å². The van der Waals surface area contributed by atoms with E-state index < -0.39 is 7.75 Å². The van der Waals surface area contributed by atoms with Crippen LogP contribution in [0.3, 0.4) is 0 Å². The third kappa shape index (κ3) is 3.59. The van der Waals surface area contributed by atoms with Crippen molar-refractivity contribution >= 4 is 13.4 Å². The summed E-state index contributed by atoms with van der Waals surface area (Å²) in [5.74, 6) is 0. The van der Waals surface area contributed by atoms with Gasteiger partial charge in [-0.1, -0.05) is 18.2 Å². The van der Waals surface area contributed by atoms with E-state index in [-0.39, 0.29) is 6.61 Å². The Kier molecular flexibility index (Phi) is 3.48. The zero-order valence-corrected chi connectivity index (χ0v) is 8.16. The maximum atomic E-state index is 11.1. The molecule has 1 atom stereocenters. The van der Waals surface area contributed by atoms with Gasteiger partial charge in [0.1, 0.15) is 0 Å². The lowest BCUT2D eigenvalue weighted by atomic mass is 10.3. The number of rotatable bonds is 4. The van der Waals surface area contributed by atoms with Crippen molar-refractivity contribution < 1.29 is 14.0 Å². The fourth-order valence-corrected chi connectivity index (χ4v) is 1.74. The number of benzene rings is 1. The third-order valence-corrected chi connectivity index (χ3v) is 2.47. The van der Waals surface area contributed by atoms with Crippen LogP contribution in [0.15, 0.2) is 30.3 Å². The summed E-state index contributed by atoms with van der Waals surface area (Å²) in [5.41, 5.74) is 0.509. The molecule has 0 aliphatic rings. The number of nitrogens with one attached hydrogen (secondary N) is 1. The molecule has 1 unspecified atom stereocenters. The second-order valence-corrected chi connectivity index (χ2v) is 3.87. The van der Waals surface area contributed by atoms with E-state index in [2.05, 4.69) is 9.61 Å². The van der Waals surface area contributed by atoms with Gasteiger partial charge in [-0.2, -0.15) is 0 Å². The van der Waals surface area contributed by atoms with Crippen LogP contribution in [0.5, 0.6) is 0 Å². The molecule has 0 bridgehead atoms. The van der Waals surface area contributed by atoms with E-state index in [1.807, 2.05) is 6.07 Å². The highest BCUT2D eigenvalue weighted by Crippen LogP contribution is 2.36. The van der Waals surface area contributed by atoms with Gasteiger partial charge in [0, 0.05) is 5.69 Å². The summed E-state index contributed by atoms with van der Waals surface area (Å²) in [6.07, 6.45) is 0. The van der Waals surface area contributed by atoms with Crippen LogP contribution in [0, 0.1) is 0 Å². The minimum absolute atomic E-state index is 0.139. The fourth-order valence-electron chi connectivity index (χ4n) is 0.873. The monoisotopic (exact) mass is 200 g/mol. The van der Waals surface area contributed by atoms with Crippen LogP contribution in [-0.2, 0) is 9.09 Å². The van der Waals surface area contributed by atoms with Gasteiger partial charge in [0.2, 0.25) is 7.75 Å². The van der Waals surface area contributed by atoms with Gasteiger partial charge in [0.05, 0.1) is 6.61 Å². The highest BCUT2D eigenvalue weighted by Gasteiger charge is 2.05. The van der Waals surface area contributed by atoms with Gasteiger partial charge in [-0.25, -0.2) is 0 Å². The fraction of sp³-hybridized carbons (Fsp3) is 0.250. The molecule has 13 heavy (non-hydrogen) atoms. The molecule has 0 saturated carbocycles. The van der Waals surface area contributed by atoms with Crippen molar-refractivity contribution in [2.45, 2.75) is 6.92 Å². The lowest BCUT2D eigenvalue weighted by Crippen LogP contribution is -2.12. The largest absolute Gasteiger partial charge is 0.762 e. The predicted octanol–water partition coefficient (Wildman–Crippen LogP) is 1.60. The first kappa shape index (κ1) is 10.3. The van der Waals surface area contributed by atoms with Gasteiger partial charge in [-0.05, 0) is 19.1 Å². The van der Waals surface area contributed by atoms with Gasteiger partial charge in [-0.3, -0.25) is 4.57 Å². The molecule has 0 aliphatic carbocycles. The van der Waals surface area contributed by atoms with E-state index in [0.717, 1.165) is 0 Å². The van der Waals surface area contributed by atoms with E-state index in [1.165, 1.54) is 0 Å². The van der Waals surface area contributed by atoms with E-state index in [1.54, 1.807) is 31.2 Å². The Morgan fingerprint density at radius 1 is 1.46 bits per heavy atom. The maximum Gasteiger partial charge on any atom is 0.229 e. The number of hydrogen-bond acceptors (Lipinski definition) is 3. The van der Waals surface area contributed by atoms with Crippen molar-refractivity contribution in [1.82, 2.24) is 0 Å². The van der Waals surface area contributed by atoms with Gasteiger partial charge >= 0.3 is 0 Å². The Labute approximate surface area is 77.1 Å². The SMILES string of the molecule is CCOP(=O)([O-])Nc1ccccc1. The molecule has 72 valence electrons. The molecule has 0 heterocycles. The van der Waals surface area contributed by atoms with E-state index in [9.17, 15) is 9.46 Å². The molecule has 4 nitrogen and oxygen atoms in total. The molecule has 5 heteroatoms. The Morgan fingerprint density at radius 2 is 2.08 bits per heavy atom. The summed E-state index contributed by atoms with van der Waals surface area (Å²) in [4.78, 5) is 11.1. The first-order valence-corrected chi connectivity index (χ1v) is 5.47. The molecule has 0 aromatic heterocycles. The molecule has 0 amide bonds. The van der Waals surface area contributed by atoms with Crippen molar-refractivity contribution in [3.8, 4) is 0 Å². The molecule has 0 fully saturated rings. The summed E-state index contributed by atoms with van der Waals surface area (Å²) >= 11 is 0. The Bertz CT molecular complexity index is 302. The van der Waals surface area contributed by atoms with E-state index >= 15 is 0 Å². The van der Waals surface area contributed by atoms with Gasteiger partial charge < -0.3 is 14.5 Å². The molecular weight excluding hydrogens is 189 g/mol. The van der Waals surface area contributed by atoms with E-state index in [0.29, 0.717) is 5.69 Å². The smallest absolute Gasteiger partial charge is 0.229 e. The minimum Gasteiger partial charge on any atom is -0.762 e. The molecule has 1 aromatic rings. The van der Waals surface area contributed by atoms with Crippen LogP contribution in [0.4, 0.5) is 5.69 Å². The predicted molar refractivity (Wildman–Crippen MR) is 49.3 cm³/mol. The normalized spacial score (nSPS) is 14.9. The molecule has 0 saturated heterocycles. The minimum atomic E-state index is -3.91. The van der Waals surface area contributed by atoms with Gasteiger partial charge in [0.25, 0.3) is 0 Å². The Morgan fingerprint density at radius 3 is 2.62 bits per heavy atom. The second-order valence-electron chi connectivity index (χ2n) is 2.39. The van der Waals surface area contributed by atoms with Crippen molar-refractivity contribution in [2.24, 2.45) is 0 Å². The lowest BCUT2D eigenvalue weighted by molar-refractivity contribution is -0.196. The third-order valence-electron chi connectivity index (χ3n) is 1.34. The Hall–Kier alpha value is -0.830. The van der Waals surface area contributed by atoms with Crippen LogP contribution < -0.4 is 9.98 Å². The topological polar surface area (TPSA) is 61.4 Å². The first-order valence-electron chi connectivity index (χ1n) is 3.93. The van der Waals surface area contributed by atoms with Crippen molar-refractivity contribution in [2.75, 3.05) is 11.7 Å². The summed E-state index contributed by atoms with van der Waals surface area (Å²) < 4.78 is 15.6. The number of hydrogen-bond donors (Lipinski definition) is 1. The second kappa shape index (κ2) is 4.42. The molecule has 1 N–H and O–H groups in total. The molecular formula is C8H11NO3P-. The van der Waals surface area contributed by atoms with Gasteiger partial charge in [-0.15, -0.1) is 0 Å². The zero-order chi connectivity index (χ0) is 9.73. The standard InChI is InChI=1S/C8H12NO3P/c1-2-12-13(10,11)9-8-6-4-3-5-7-8/h3-7H,2H2,1H3,(H2,9,10,11)/p-1. The van der Waals surface area contributed by atoms with E-state index in [4.69, 9.17) is 0 Å². The lowest BCUT2D eigenvalue weighted by Gasteiger charge is -2.23. The van der Waals surface area contributed by atoms with Gasteiger partial charge in [0.15, 0.2) is 0 Å². The quantitative estimate of drug-likeness (QED) is 0.750. The van der Waals surface area contributed by atoms with Crippen LogP contribution in [0.1, 0.15) is 6.92 Å². The highest BCUT2D eigenvalue weighted by molar-refractivity contribution is 7.53. The maximum absolute atomic E-state index is 11.1. The first-order chi connectivity index (χ1) is 6.14. The van der Waals surface area contributed by atoms with Crippen molar-refractivity contribution in [1.29, 1.82) is 0 Å². The summed E-state index contributed by atoms with van der Waals surface area (Å²) in [5, 5.41) is 2.30. The zero-order valence-electron chi connectivity index (χ0n) is 7.27.